The van der Waals surface area contributed by atoms with Crippen molar-refractivity contribution in [1.29, 1.82) is 0 Å². The molecule has 0 atom stereocenters. The fourth-order valence-corrected chi connectivity index (χ4v) is 2.47. The molecule has 0 aliphatic carbocycles. The van der Waals surface area contributed by atoms with Gasteiger partial charge in [-0.3, -0.25) is 4.79 Å². The summed E-state index contributed by atoms with van der Waals surface area (Å²) in [6.07, 6.45) is 0. The Balaban J connectivity index is 2.18. The second-order valence-corrected chi connectivity index (χ2v) is 5.63. The number of carbonyl (C=O) groups is 2. The van der Waals surface area contributed by atoms with E-state index in [4.69, 9.17) is 32.7 Å². The maximum Gasteiger partial charge on any atom is 0.339 e. The number of benzene rings is 2. The van der Waals surface area contributed by atoms with Crippen molar-refractivity contribution in [2.75, 3.05) is 7.11 Å². The van der Waals surface area contributed by atoms with Crippen LogP contribution in [0.4, 0.5) is 0 Å². The summed E-state index contributed by atoms with van der Waals surface area (Å²) < 4.78 is 10.5. The molecule has 0 aliphatic rings. The lowest BCUT2D eigenvalue weighted by molar-refractivity contribution is 0.0470. The number of ether oxygens (including phenoxy) is 2. The molecule has 0 fully saturated rings. The largest absolute Gasteiger partial charge is 0.496 e. The van der Waals surface area contributed by atoms with Crippen LogP contribution in [0.1, 0.15) is 33.2 Å². The minimum Gasteiger partial charge on any atom is -0.496 e. The number of hydrogen-bond acceptors (Lipinski definition) is 4. The first-order valence-electron chi connectivity index (χ1n) is 6.72. The second kappa shape index (κ2) is 7.49. The molecule has 0 saturated carbocycles. The highest BCUT2D eigenvalue weighted by molar-refractivity contribution is 6.36. The standard InChI is InChI=1S/C17H14Cl2O4/c1-10(20)11-3-6-16(22-2)12(7-11)9-23-17(21)14-5-4-13(18)8-15(14)19/h3-8H,9H2,1-2H3. The monoisotopic (exact) mass is 352 g/mol. The summed E-state index contributed by atoms with van der Waals surface area (Å²) >= 11 is 11.8. The van der Waals surface area contributed by atoms with Gasteiger partial charge in [0.2, 0.25) is 0 Å². The van der Waals surface area contributed by atoms with Gasteiger partial charge in [-0.1, -0.05) is 23.2 Å². The van der Waals surface area contributed by atoms with Gasteiger partial charge in [-0.15, -0.1) is 0 Å². The third-order valence-corrected chi connectivity index (χ3v) is 3.74. The van der Waals surface area contributed by atoms with E-state index in [9.17, 15) is 9.59 Å². The molecule has 0 amide bonds. The van der Waals surface area contributed by atoms with E-state index in [0.29, 0.717) is 21.9 Å². The van der Waals surface area contributed by atoms with Crippen LogP contribution in [0.5, 0.6) is 5.75 Å². The predicted octanol–water partition coefficient (Wildman–Crippen LogP) is 4.56. The molecule has 0 unspecified atom stereocenters. The van der Waals surface area contributed by atoms with Crippen molar-refractivity contribution in [1.82, 2.24) is 0 Å². The molecular formula is C17H14Cl2O4. The quantitative estimate of drug-likeness (QED) is 0.584. The SMILES string of the molecule is COc1ccc(C(C)=O)cc1COC(=O)c1ccc(Cl)cc1Cl. The summed E-state index contributed by atoms with van der Waals surface area (Å²) in [6.45, 7) is 1.42. The van der Waals surface area contributed by atoms with Crippen molar-refractivity contribution in [2.24, 2.45) is 0 Å². The number of rotatable bonds is 5. The Labute approximate surface area is 143 Å². The van der Waals surface area contributed by atoms with Gasteiger partial charge in [0.1, 0.15) is 12.4 Å². The van der Waals surface area contributed by atoms with E-state index in [1.807, 2.05) is 0 Å². The molecule has 6 heteroatoms. The number of hydrogen-bond donors (Lipinski definition) is 0. The van der Waals surface area contributed by atoms with Crippen LogP contribution in [0.3, 0.4) is 0 Å². The van der Waals surface area contributed by atoms with Gasteiger partial charge >= 0.3 is 5.97 Å². The van der Waals surface area contributed by atoms with Gasteiger partial charge in [-0.2, -0.15) is 0 Å². The van der Waals surface area contributed by atoms with Crippen LogP contribution in [-0.4, -0.2) is 18.9 Å². The van der Waals surface area contributed by atoms with Crippen LogP contribution < -0.4 is 4.74 Å². The summed E-state index contributed by atoms with van der Waals surface area (Å²) in [5.41, 5.74) is 1.33. The van der Waals surface area contributed by atoms with E-state index < -0.39 is 5.97 Å². The van der Waals surface area contributed by atoms with Crippen molar-refractivity contribution in [3.05, 3.63) is 63.1 Å². The molecule has 2 rings (SSSR count). The molecule has 0 spiro atoms. The Bertz CT molecular complexity index is 756. The molecule has 0 aromatic heterocycles. The highest BCUT2D eigenvalue weighted by atomic mass is 35.5. The fourth-order valence-electron chi connectivity index (χ4n) is 1.99. The minimum absolute atomic E-state index is 0.0396. The maximum atomic E-state index is 12.1. The third-order valence-electron chi connectivity index (χ3n) is 3.20. The van der Waals surface area contributed by atoms with Gasteiger partial charge in [0.25, 0.3) is 0 Å². The lowest BCUT2D eigenvalue weighted by atomic mass is 10.1. The molecule has 0 saturated heterocycles. The second-order valence-electron chi connectivity index (χ2n) is 4.78. The van der Waals surface area contributed by atoms with E-state index in [2.05, 4.69) is 0 Å². The molecule has 2 aromatic carbocycles. The van der Waals surface area contributed by atoms with Crippen molar-refractivity contribution in [3.8, 4) is 5.75 Å². The van der Waals surface area contributed by atoms with E-state index >= 15 is 0 Å². The lowest BCUT2D eigenvalue weighted by Gasteiger charge is -2.11. The Morgan fingerprint density at radius 1 is 1.09 bits per heavy atom. The molecule has 0 radical (unpaired) electrons. The predicted molar refractivity (Wildman–Crippen MR) is 88.6 cm³/mol. The molecule has 23 heavy (non-hydrogen) atoms. The normalized spacial score (nSPS) is 10.3. The average molecular weight is 353 g/mol. The van der Waals surface area contributed by atoms with E-state index in [0.717, 1.165) is 0 Å². The van der Waals surface area contributed by atoms with Crippen LogP contribution in [0.25, 0.3) is 0 Å². The van der Waals surface area contributed by atoms with E-state index in [1.54, 1.807) is 24.3 Å². The van der Waals surface area contributed by atoms with Crippen molar-refractivity contribution in [3.63, 3.8) is 0 Å². The molecule has 0 N–H and O–H groups in total. The Morgan fingerprint density at radius 2 is 1.83 bits per heavy atom. The minimum atomic E-state index is -0.582. The molecule has 0 heterocycles. The van der Waals surface area contributed by atoms with Crippen LogP contribution in [0.15, 0.2) is 36.4 Å². The first-order chi connectivity index (χ1) is 10.9. The summed E-state index contributed by atoms with van der Waals surface area (Å²) in [6, 6.07) is 9.48. The zero-order valence-corrected chi connectivity index (χ0v) is 14.1. The van der Waals surface area contributed by atoms with Crippen molar-refractivity contribution < 1.29 is 19.1 Å². The summed E-state index contributed by atoms with van der Waals surface area (Å²) in [7, 11) is 1.50. The zero-order chi connectivity index (χ0) is 17.0. The number of halogens is 2. The first kappa shape index (κ1) is 17.3. The number of carbonyl (C=O) groups excluding carboxylic acids is 2. The van der Waals surface area contributed by atoms with Crippen LogP contribution in [-0.2, 0) is 11.3 Å². The van der Waals surface area contributed by atoms with Gasteiger partial charge in [-0.05, 0) is 43.3 Å². The summed E-state index contributed by atoms with van der Waals surface area (Å²) in [5.74, 6) is -0.132. The third kappa shape index (κ3) is 4.24. The summed E-state index contributed by atoms with van der Waals surface area (Å²) in [5, 5.41) is 0.648. The van der Waals surface area contributed by atoms with Gasteiger partial charge in [0, 0.05) is 16.1 Å². The van der Waals surface area contributed by atoms with Crippen molar-refractivity contribution >= 4 is 35.0 Å². The van der Waals surface area contributed by atoms with Crippen LogP contribution >= 0.6 is 23.2 Å². The average Bonchev–Trinajstić information content (AvgIpc) is 2.52. The molecule has 4 nitrogen and oxygen atoms in total. The van der Waals surface area contributed by atoms with E-state index in [1.165, 1.54) is 26.2 Å². The molecule has 0 aliphatic heterocycles. The number of Topliss-reactive ketones (excluding diaryl/α,β-unsaturated/α-hetero) is 1. The molecule has 0 bridgehead atoms. The Kier molecular flexibility index (Phi) is 5.64. The van der Waals surface area contributed by atoms with Gasteiger partial charge in [0.15, 0.2) is 5.78 Å². The number of esters is 1. The number of ketones is 1. The Morgan fingerprint density at radius 3 is 2.43 bits per heavy atom. The Hall–Kier alpha value is -2.04. The van der Waals surface area contributed by atoms with Crippen LogP contribution in [0.2, 0.25) is 10.0 Å². The zero-order valence-electron chi connectivity index (χ0n) is 12.6. The van der Waals surface area contributed by atoms with E-state index in [-0.39, 0.29) is 23.0 Å². The van der Waals surface area contributed by atoms with Gasteiger partial charge in [-0.25, -0.2) is 4.79 Å². The first-order valence-corrected chi connectivity index (χ1v) is 7.48. The van der Waals surface area contributed by atoms with Crippen molar-refractivity contribution in [2.45, 2.75) is 13.5 Å². The molecular weight excluding hydrogens is 339 g/mol. The maximum absolute atomic E-state index is 12.1. The molecule has 2 aromatic rings. The topological polar surface area (TPSA) is 52.6 Å². The fraction of sp³-hybridized carbons (Fsp3) is 0.176. The highest BCUT2D eigenvalue weighted by Gasteiger charge is 2.14. The van der Waals surface area contributed by atoms with Gasteiger partial charge < -0.3 is 9.47 Å². The lowest BCUT2D eigenvalue weighted by Crippen LogP contribution is -2.07. The van der Waals surface area contributed by atoms with Gasteiger partial charge in [0.05, 0.1) is 17.7 Å². The molecule has 120 valence electrons. The number of methoxy groups -OCH3 is 1. The van der Waals surface area contributed by atoms with Crippen LogP contribution in [0, 0.1) is 0 Å². The highest BCUT2D eigenvalue weighted by Crippen LogP contribution is 2.24. The summed E-state index contributed by atoms with van der Waals surface area (Å²) in [4.78, 5) is 23.6. The smallest absolute Gasteiger partial charge is 0.339 e.